The fraction of sp³-hybridized carbons (Fsp3) is 0.333. The number of aryl methyl sites for hydroxylation is 2. The summed E-state index contributed by atoms with van der Waals surface area (Å²) in [4.78, 5) is 17.7. The highest BCUT2D eigenvalue weighted by Crippen LogP contribution is 2.30. The number of nitrogens with one attached hydrogen (secondary N) is 2. The molecule has 0 fully saturated rings. The lowest BCUT2D eigenvalue weighted by molar-refractivity contribution is -0.116. The minimum Gasteiger partial charge on any atom is -0.302 e. The second-order valence-corrected chi connectivity index (χ2v) is 9.16. The molecule has 0 saturated heterocycles. The van der Waals surface area contributed by atoms with Gasteiger partial charge in [-0.05, 0) is 37.5 Å². The van der Waals surface area contributed by atoms with Crippen LogP contribution in [-0.4, -0.2) is 25.9 Å². The Hall–Kier alpha value is -1.29. The van der Waals surface area contributed by atoms with Crippen molar-refractivity contribution in [3.05, 3.63) is 39.3 Å². The summed E-state index contributed by atoms with van der Waals surface area (Å²) in [5.74, 6) is -0.251. The second-order valence-electron chi connectivity index (χ2n) is 5.40. The lowest BCUT2D eigenvalue weighted by atomic mass is 10.4. The van der Waals surface area contributed by atoms with Gasteiger partial charge in [0.25, 0.3) is 0 Å². The maximum atomic E-state index is 12.1. The molecule has 0 spiro atoms. The van der Waals surface area contributed by atoms with Crippen LogP contribution in [0.15, 0.2) is 33.6 Å². The van der Waals surface area contributed by atoms with E-state index in [1.54, 1.807) is 12.1 Å². The molecule has 1 aliphatic rings. The van der Waals surface area contributed by atoms with Crippen LogP contribution in [0, 0.1) is 0 Å². The Morgan fingerprint density at radius 1 is 1.33 bits per heavy atom. The summed E-state index contributed by atoms with van der Waals surface area (Å²) in [6.45, 7) is 0.0335. The maximum absolute atomic E-state index is 12.1. The first-order valence-electron chi connectivity index (χ1n) is 7.48. The number of anilines is 1. The highest BCUT2D eigenvalue weighted by Gasteiger charge is 2.18. The van der Waals surface area contributed by atoms with Crippen molar-refractivity contribution in [2.75, 3.05) is 11.9 Å². The van der Waals surface area contributed by atoms with Crippen molar-refractivity contribution in [1.29, 1.82) is 0 Å². The zero-order valence-corrected chi connectivity index (χ0v) is 15.9. The van der Waals surface area contributed by atoms with E-state index in [-0.39, 0.29) is 23.8 Å². The number of aromatic nitrogens is 1. The van der Waals surface area contributed by atoms with E-state index in [1.807, 2.05) is 0 Å². The van der Waals surface area contributed by atoms with Crippen LogP contribution < -0.4 is 10.0 Å². The average Bonchev–Trinajstić information content (AvgIpc) is 3.08. The van der Waals surface area contributed by atoms with Gasteiger partial charge in [-0.25, -0.2) is 18.1 Å². The summed E-state index contributed by atoms with van der Waals surface area (Å²) in [5, 5.41) is 3.33. The number of hydrogen-bond donors (Lipinski definition) is 2. The molecule has 0 aliphatic heterocycles. The second kappa shape index (κ2) is 7.30. The minimum atomic E-state index is -3.62. The van der Waals surface area contributed by atoms with Gasteiger partial charge in [0.15, 0.2) is 5.13 Å². The van der Waals surface area contributed by atoms with E-state index in [9.17, 15) is 13.2 Å². The fourth-order valence-electron chi connectivity index (χ4n) is 2.44. The number of thiazole rings is 1. The first kappa shape index (κ1) is 17.5. The lowest BCUT2D eigenvalue weighted by Crippen LogP contribution is -2.27. The van der Waals surface area contributed by atoms with Gasteiger partial charge in [0.05, 0.1) is 10.6 Å². The largest absolute Gasteiger partial charge is 0.302 e. The summed E-state index contributed by atoms with van der Waals surface area (Å²) < 4.78 is 27.4. The predicted molar refractivity (Wildman–Crippen MR) is 96.7 cm³/mol. The van der Waals surface area contributed by atoms with E-state index >= 15 is 0 Å². The molecule has 1 aromatic carbocycles. The summed E-state index contributed by atoms with van der Waals surface area (Å²) in [6, 6.07) is 6.41. The summed E-state index contributed by atoms with van der Waals surface area (Å²) >= 11 is 4.74. The van der Waals surface area contributed by atoms with Crippen molar-refractivity contribution >= 4 is 48.3 Å². The van der Waals surface area contributed by atoms with E-state index in [1.165, 1.54) is 28.3 Å². The van der Waals surface area contributed by atoms with Crippen molar-refractivity contribution in [2.45, 2.75) is 30.6 Å². The molecule has 1 heterocycles. The molecule has 1 aliphatic carbocycles. The van der Waals surface area contributed by atoms with Crippen molar-refractivity contribution in [3.8, 4) is 0 Å². The van der Waals surface area contributed by atoms with E-state index in [2.05, 4.69) is 31.0 Å². The number of fused-ring (bicyclic) bond motifs is 1. The van der Waals surface area contributed by atoms with Crippen LogP contribution >= 0.6 is 27.3 Å². The van der Waals surface area contributed by atoms with Gasteiger partial charge in [0.2, 0.25) is 15.9 Å². The number of hydrogen-bond acceptors (Lipinski definition) is 5. The van der Waals surface area contributed by atoms with Crippen LogP contribution in [-0.2, 0) is 27.7 Å². The zero-order valence-electron chi connectivity index (χ0n) is 12.7. The number of carbonyl (C=O) groups excluding carboxylic acids is 1. The number of sulfonamides is 1. The van der Waals surface area contributed by atoms with Crippen LogP contribution in [0.3, 0.4) is 0 Å². The van der Waals surface area contributed by atoms with Gasteiger partial charge < -0.3 is 5.32 Å². The van der Waals surface area contributed by atoms with Crippen molar-refractivity contribution in [3.63, 3.8) is 0 Å². The SMILES string of the molecule is O=C(CCNS(=O)(=O)c1cccc(Br)c1)Nc1nc2c(s1)CCC2. The van der Waals surface area contributed by atoms with E-state index in [0.29, 0.717) is 9.60 Å². The topological polar surface area (TPSA) is 88.2 Å². The van der Waals surface area contributed by atoms with Gasteiger partial charge in [-0.3, -0.25) is 4.79 Å². The van der Waals surface area contributed by atoms with Crippen molar-refractivity contribution in [2.24, 2.45) is 0 Å². The molecule has 6 nitrogen and oxygen atoms in total. The molecular weight excluding hydrogens is 414 g/mol. The number of halogens is 1. The number of nitrogens with zero attached hydrogens (tertiary/aromatic N) is 1. The Morgan fingerprint density at radius 3 is 2.92 bits per heavy atom. The molecule has 1 aromatic heterocycles. The third-order valence-electron chi connectivity index (χ3n) is 3.59. The zero-order chi connectivity index (χ0) is 17.2. The van der Waals surface area contributed by atoms with Gasteiger partial charge in [0.1, 0.15) is 0 Å². The van der Waals surface area contributed by atoms with Crippen LogP contribution in [0.1, 0.15) is 23.4 Å². The number of amides is 1. The molecule has 0 saturated carbocycles. The first-order chi connectivity index (χ1) is 11.4. The Balaban J connectivity index is 1.51. The number of carbonyl (C=O) groups is 1. The Morgan fingerprint density at radius 2 is 2.17 bits per heavy atom. The number of rotatable bonds is 6. The van der Waals surface area contributed by atoms with Crippen LogP contribution in [0.5, 0.6) is 0 Å². The summed E-state index contributed by atoms with van der Waals surface area (Å²) in [7, 11) is -3.62. The summed E-state index contributed by atoms with van der Waals surface area (Å²) in [5.41, 5.74) is 1.07. The normalized spacial score (nSPS) is 13.7. The molecule has 2 aromatic rings. The van der Waals surface area contributed by atoms with Crippen molar-refractivity contribution in [1.82, 2.24) is 9.71 Å². The Bertz CT molecular complexity index is 843. The van der Waals surface area contributed by atoms with Gasteiger partial charge in [-0.2, -0.15) is 0 Å². The molecule has 0 bridgehead atoms. The van der Waals surface area contributed by atoms with Gasteiger partial charge in [-0.15, -0.1) is 11.3 Å². The van der Waals surface area contributed by atoms with Gasteiger partial charge >= 0.3 is 0 Å². The van der Waals surface area contributed by atoms with E-state index in [0.717, 1.165) is 25.0 Å². The minimum absolute atomic E-state index is 0.0335. The lowest BCUT2D eigenvalue weighted by Gasteiger charge is -2.07. The van der Waals surface area contributed by atoms with E-state index < -0.39 is 10.0 Å². The van der Waals surface area contributed by atoms with Crippen LogP contribution in [0.2, 0.25) is 0 Å². The third-order valence-corrected chi connectivity index (χ3v) is 6.62. The number of benzene rings is 1. The van der Waals surface area contributed by atoms with Gasteiger partial charge in [0, 0.05) is 22.3 Å². The Kier molecular flexibility index (Phi) is 5.33. The van der Waals surface area contributed by atoms with E-state index in [4.69, 9.17) is 0 Å². The monoisotopic (exact) mass is 429 g/mol. The molecule has 128 valence electrons. The molecule has 9 heteroatoms. The molecule has 1 amide bonds. The average molecular weight is 430 g/mol. The molecular formula is C15H16BrN3O3S2. The standard InChI is InChI=1S/C15H16BrN3O3S2/c16-10-3-1-4-11(9-10)24(21,22)17-8-7-14(20)19-15-18-12-5-2-6-13(12)23-15/h1,3-4,9,17H,2,5-8H2,(H,18,19,20). The maximum Gasteiger partial charge on any atom is 0.240 e. The molecule has 0 radical (unpaired) electrons. The molecule has 0 unspecified atom stereocenters. The molecule has 0 atom stereocenters. The highest BCUT2D eigenvalue weighted by molar-refractivity contribution is 9.10. The third kappa shape index (κ3) is 4.21. The quantitative estimate of drug-likeness (QED) is 0.738. The molecule has 3 rings (SSSR count). The smallest absolute Gasteiger partial charge is 0.240 e. The highest BCUT2D eigenvalue weighted by atomic mass is 79.9. The molecule has 2 N–H and O–H groups in total. The predicted octanol–water partition coefficient (Wildman–Crippen LogP) is 2.70. The molecule has 24 heavy (non-hydrogen) atoms. The first-order valence-corrected chi connectivity index (χ1v) is 10.6. The van der Waals surface area contributed by atoms with Crippen LogP contribution in [0.25, 0.3) is 0 Å². The summed E-state index contributed by atoms with van der Waals surface area (Å²) in [6.07, 6.45) is 3.17. The van der Waals surface area contributed by atoms with Crippen molar-refractivity contribution < 1.29 is 13.2 Å². The van der Waals surface area contributed by atoms with Crippen LogP contribution in [0.4, 0.5) is 5.13 Å². The fourth-order valence-corrected chi connectivity index (χ4v) is 5.14. The van der Waals surface area contributed by atoms with Gasteiger partial charge in [-0.1, -0.05) is 22.0 Å². The Labute approximate surface area is 152 Å².